The molecule has 0 fully saturated rings. The molecule has 0 aliphatic carbocycles. The van der Waals surface area contributed by atoms with Gasteiger partial charge >= 0.3 is 0 Å². The third-order valence-corrected chi connectivity index (χ3v) is 4.70. The minimum atomic E-state index is -3.84. The summed E-state index contributed by atoms with van der Waals surface area (Å²) in [4.78, 5) is 3.69. The van der Waals surface area contributed by atoms with Gasteiger partial charge < -0.3 is 5.73 Å². The van der Waals surface area contributed by atoms with Gasteiger partial charge in [-0.2, -0.15) is 0 Å². The third kappa shape index (κ3) is 3.35. The molecule has 9 heteroatoms. The van der Waals surface area contributed by atoms with Crippen LogP contribution in [-0.2, 0) is 10.0 Å². The van der Waals surface area contributed by atoms with E-state index in [2.05, 4.69) is 25.6 Å². The van der Waals surface area contributed by atoms with Crippen molar-refractivity contribution in [1.29, 1.82) is 0 Å². The lowest BCUT2D eigenvalue weighted by Crippen LogP contribution is -2.14. The van der Waals surface area contributed by atoms with Crippen molar-refractivity contribution in [2.24, 2.45) is 0 Å². The third-order valence-electron chi connectivity index (χ3n) is 2.31. The number of nitrogens with two attached hydrogens (primary N) is 1. The maximum atomic E-state index is 12.2. The second-order valence-electron chi connectivity index (χ2n) is 3.77. The van der Waals surface area contributed by atoms with E-state index in [-0.39, 0.29) is 26.4 Å². The van der Waals surface area contributed by atoms with E-state index in [1.165, 1.54) is 24.3 Å². The molecule has 0 saturated carbocycles. The van der Waals surface area contributed by atoms with Crippen LogP contribution in [0.3, 0.4) is 0 Å². The van der Waals surface area contributed by atoms with Crippen molar-refractivity contribution < 1.29 is 8.42 Å². The summed E-state index contributed by atoms with van der Waals surface area (Å²) >= 11 is 15.2. The highest BCUT2D eigenvalue weighted by atomic mass is 79.9. The number of anilines is 2. The van der Waals surface area contributed by atoms with E-state index >= 15 is 0 Å². The molecular weight excluding hydrogens is 389 g/mol. The highest BCUT2D eigenvalue weighted by Crippen LogP contribution is 2.35. The number of nitrogen functional groups attached to an aromatic ring is 1. The number of halogens is 3. The van der Waals surface area contributed by atoms with E-state index in [9.17, 15) is 8.42 Å². The Morgan fingerprint density at radius 1 is 1.20 bits per heavy atom. The molecule has 0 spiro atoms. The van der Waals surface area contributed by atoms with E-state index in [1.807, 2.05) is 0 Å². The lowest BCUT2D eigenvalue weighted by molar-refractivity contribution is 0.601. The normalized spacial score (nSPS) is 11.3. The molecular formula is C11H8BrCl2N3O2S. The van der Waals surface area contributed by atoms with Gasteiger partial charge in [0.2, 0.25) is 0 Å². The molecule has 0 radical (unpaired) electrons. The Bertz CT molecular complexity index is 728. The summed E-state index contributed by atoms with van der Waals surface area (Å²) in [5, 5.41) is 0.354. The van der Waals surface area contributed by atoms with Gasteiger partial charge in [-0.1, -0.05) is 39.1 Å². The topological polar surface area (TPSA) is 85.1 Å². The zero-order valence-electron chi connectivity index (χ0n) is 9.77. The molecule has 0 bridgehead atoms. The molecule has 5 nitrogen and oxygen atoms in total. The number of rotatable bonds is 3. The first kappa shape index (κ1) is 15.4. The van der Waals surface area contributed by atoms with Crippen molar-refractivity contribution in [3.8, 4) is 0 Å². The Morgan fingerprint density at radius 3 is 2.30 bits per heavy atom. The minimum absolute atomic E-state index is 0.0400. The summed E-state index contributed by atoms with van der Waals surface area (Å²) in [6.45, 7) is 0. The lowest BCUT2D eigenvalue weighted by atomic mass is 10.3. The minimum Gasteiger partial charge on any atom is -0.384 e. The molecule has 1 heterocycles. The second-order valence-corrected chi connectivity index (χ2v) is 7.18. The highest BCUT2D eigenvalue weighted by Gasteiger charge is 2.18. The Kier molecular flexibility index (Phi) is 4.43. The van der Waals surface area contributed by atoms with Crippen LogP contribution in [0.25, 0.3) is 0 Å². The molecule has 1 aromatic carbocycles. The molecule has 2 rings (SSSR count). The Balaban J connectivity index is 2.41. The maximum Gasteiger partial charge on any atom is 0.263 e. The van der Waals surface area contributed by atoms with Crippen molar-refractivity contribution in [3.05, 3.63) is 45.0 Å². The maximum absolute atomic E-state index is 12.2. The summed E-state index contributed by atoms with van der Waals surface area (Å²) in [5.41, 5.74) is 5.52. The molecule has 2 aromatic rings. The lowest BCUT2D eigenvalue weighted by Gasteiger charge is -2.11. The van der Waals surface area contributed by atoms with Gasteiger partial charge in [0.1, 0.15) is 10.7 Å². The van der Waals surface area contributed by atoms with Crippen LogP contribution in [-0.4, -0.2) is 13.4 Å². The van der Waals surface area contributed by atoms with Crippen LogP contribution in [0.4, 0.5) is 11.5 Å². The Hall–Kier alpha value is -1.02. The number of pyridine rings is 1. The van der Waals surface area contributed by atoms with E-state index in [0.29, 0.717) is 4.47 Å². The SMILES string of the molecule is Nc1ccc(S(=O)(=O)Nc2c(Cl)cc(Br)cc2Cl)cn1. The first-order valence-electron chi connectivity index (χ1n) is 5.18. The molecule has 0 unspecified atom stereocenters. The standard InChI is InChI=1S/C11H8BrCl2N3O2S/c12-6-3-8(13)11(9(14)4-6)17-20(18,19)7-1-2-10(15)16-5-7/h1-5,17H,(H2,15,16). The van der Waals surface area contributed by atoms with E-state index in [0.717, 1.165) is 6.20 Å². The van der Waals surface area contributed by atoms with Gasteiger partial charge in [0.15, 0.2) is 0 Å². The zero-order valence-corrected chi connectivity index (χ0v) is 13.7. The predicted molar refractivity (Wildman–Crippen MR) is 83.6 cm³/mol. The first-order chi connectivity index (χ1) is 9.29. The smallest absolute Gasteiger partial charge is 0.263 e. The quantitative estimate of drug-likeness (QED) is 0.830. The molecule has 1 aromatic heterocycles. The number of hydrogen-bond acceptors (Lipinski definition) is 4. The summed E-state index contributed by atoms with van der Waals surface area (Å²) in [7, 11) is -3.84. The van der Waals surface area contributed by atoms with Gasteiger partial charge in [0.05, 0.1) is 15.7 Å². The van der Waals surface area contributed by atoms with Crippen LogP contribution in [0.2, 0.25) is 10.0 Å². The molecule has 0 amide bonds. The summed E-state index contributed by atoms with van der Waals surface area (Å²) in [6, 6.07) is 5.80. The van der Waals surface area contributed by atoms with Crippen LogP contribution >= 0.6 is 39.1 Å². The molecule has 0 saturated heterocycles. The highest BCUT2D eigenvalue weighted by molar-refractivity contribution is 9.10. The van der Waals surface area contributed by atoms with Gasteiger partial charge in [0.25, 0.3) is 10.0 Å². The average Bonchev–Trinajstić information content (AvgIpc) is 2.34. The van der Waals surface area contributed by atoms with E-state index in [4.69, 9.17) is 28.9 Å². The number of nitrogens with one attached hydrogen (secondary N) is 1. The molecule has 20 heavy (non-hydrogen) atoms. The number of sulfonamides is 1. The van der Waals surface area contributed by atoms with E-state index in [1.54, 1.807) is 0 Å². The molecule has 0 aliphatic heterocycles. The summed E-state index contributed by atoms with van der Waals surface area (Å²) < 4.78 is 27.3. The predicted octanol–water partition coefficient (Wildman–Crippen LogP) is 3.53. The molecule has 0 atom stereocenters. The molecule has 0 aliphatic rings. The van der Waals surface area contributed by atoms with Crippen molar-refractivity contribution >= 4 is 60.7 Å². The number of aromatic nitrogens is 1. The number of nitrogens with zero attached hydrogens (tertiary/aromatic N) is 1. The number of hydrogen-bond donors (Lipinski definition) is 2. The fraction of sp³-hybridized carbons (Fsp3) is 0. The van der Waals surface area contributed by atoms with E-state index < -0.39 is 10.0 Å². The Labute approximate surface area is 134 Å². The second kappa shape index (κ2) is 5.77. The Morgan fingerprint density at radius 2 is 1.80 bits per heavy atom. The summed E-state index contributed by atoms with van der Waals surface area (Å²) in [5.74, 6) is 0.226. The van der Waals surface area contributed by atoms with Crippen molar-refractivity contribution in [1.82, 2.24) is 4.98 Å². The fourth-order valence-corrected chi connectivity index (χ4v) is 3.84. The number of benzene rings is 1. The van der Waals surface area contributed by atoms with Gasteiger partial charge in [-0.3, -0.25) is 4.72 Å². The monoisotopic (exact) mass is 395 g/mol. The van der Waals surface area contributed by atoms with Gasteiger partial charge in [-0.05, 0) is 24.3 Å². The largest absolute Gasteiger partial charge is 0.384 e. The van der Waals surface area contributed by atoms with Crippen molar-refractivity contribution in [3.63, 3.8) is 0 Å². The molecule has 106 valence electrons. The zero-order chi connectivity index (χ0) is 14.9. The van der Waals surface area contributed by atoms with Gasteiger partial charge in [0, 0.05) is 10.7 Å². The average molecular weight is 397 g/mol. The van der Waals surface area contributed by atoms with Crippen molar-refractivity contribution in [2.45, 2.75) is 4.90 Å². The van der Waals surface area contributed by atoms with Crippen LogP contribution in [0.1, 0.15) is 0 Å². The van der Waals surface area contributed by atoms with Crippen LogP contribution in [0.15, 0.2) is 39.8 Å². The van der Waals surface area contributed by atoms with Crippen molar-refractivity contribution in [2.75, 3.05) is 10.5 Å². The first-order valence-corrected chi connectivity index (χ1v) is 8.22. The van der Waals surface area contributed by atoms with Crippen LogP contribution < -0.4 is 10.5 Å². The van der Waals surface area contributed by atoms with Gasteiger partial charge in [-0.25, -0.2) is 13.4 Å². The fourth-order valence-electron chi connectivity index (χ4n) is 1.38. The van der Waals surface area contributed by atoms with Crippen LogP contribution in [0, 0.1) is 0 Å². The van der Waals surface area contributed by atoms with Gasteiger partial charge in [-0.15, -0.1) is 0 Å². The molecule has 3 N–H and O–H groups in total. The summed E-state index contributed by atoms with van der Waals surface area (Å²) in [6.07, 6.45) is 1.15. The van der Waals surface area contributed by atoms with Crippen LogP contribution in [0.5, 0.6) is 0 Å².